The first-order chi connectivity index (χ1) is 12.7. The Morgan fingerprint density at radius 1 is 1.37 bits per heavy atom. The minimum absolute atomic E-state index is 0.0255. The molecule has 0 aromatic carbocycles. The summed E-state index contributed by atoms with van der Waals surface area (Å²) in [7, 11) is 0. The lowest BCUT2D eigenvalue weighted by molar-refractivity contribution is -0.159. The predicted octanol–water partition coefficient (Wildman–Crippen LogP) is 3.02. The fourth-order valence-electron chi connectivity index (χ4n) is 3.49. The number of carboxylic acid groups (broad SMARTS) is 1. The Bertz CT molecular complexity index is 551. The highest BCUT2D eigenvalue weighted by Gasteiger charge is 2.44. The zero-order chi connectivity index (χ0) is 20.5. The number of Topliss-reactive ketones (excluding diaryl/α,β-unsaturated/α-hetero) is 1. The van der Waals surface area contributed by atoms with Crippen LogP contribution < -0.4 is 0 Å². The molecule has 0 aliphatic heterocycles. The molecule has 154 valence electrons. The van der Waals surface area contributed by atoms with Crippen molar-refractivity contribution in [1.29, 1.82) is 0 Å². The lowest BCUT2D eigenvalue weighted by atomic mass is 9.83. The van der Waals surface area contributed by atoms with Gasteiger partial charge in [-0.25, -0.2) is 4.79 Å². The summed E-state index contributed by atoms with van der Waals surface area (Å²) in [5, 5.41) is 29.0. The molecular weight excluding hydrogens is 348 g/mol. The molecule has 3 N–H and O–H groups in total. The monoisotopic (exact) mass is 382 g/mol. The number of aliphatic hydroxyl groups excluding tert-OH is 1. The zero-order valence-electron chi connectivity index (χ0n) is 16.7. The van der Waals surface area contributed by atoms with Gasteiger partial charge in [0.05, 0.1) is 18.1 Å². The van der Waals surface area contributed by atoms with Gasteiger partial charge in [-0.05, 0) is 45.6 Å². The second-order valence-corrected chi connectivity index (χ2v) is 7.65. The molecule has 1 aliphatic carbocycles. The van der Waals surface area contributed by atoms with Gasteiger partial charge in [0.1, 0.15) is 11.4 Å². The summed E-state index contributed by atoms with van der Waals surface area (Å²) >= 11 is 0. The van der Waals surface area contributed by atoms with Crippen molar-refractivity contribution >= 4 is 11.8 Å². The number of aliphatic carboxylic acids is 1. The van der Waals surface area contributed by atoms with Crippen molar-refractivity contribution in [3.63, 3.8) is 0 Å². The van der Waals surface area contributed by atoms with Gasteiger partial charge in [-0.3, -0.25) is 4.79 Å². The number of hydrogen-bond acceptors (Lipinski definition) is 5. The summed E-state index contributed by atoms with van der Waals surface area (Å²) in [6.45, 7) is 5.01. The number of hydrogen-bond donors (Lipinski definition) is 3. The molecule has 6 heteroatoms. The smallest absolute Gasteiger partial charge is 0.332 e. The summed E-state index contributed by atoms with van der Waals surface area (Å²) < 4.78 is 5.87. The van der Waals surface area contributed by atoms with E-state index in [1.807, 2.05) is 0 Å². The van der Waals surface area contributed by atoms with Gasteiger partial charge >= 0.3 is 5.97 Å². The Hall–Kier alpha value is -1.50. The summed E-state index contributed by atoms with van der Waals surface area (Å²) in [5.41, 5.74) is -2.12. The van der Waals surface area contributed by atoms with Gasteiger partial charge in [-0.1, -0.05) is 38.0 Å². The molecule has 0 amide bonds. The fourth-order valence-corrected chi connectivity index (χ4v) is 3.49. The first kappa shape index (κ1) is 23.5. The average molecular weight is 382 g/mol. The van der Waals surface area contributed by atoms with Crippen molar-refractivity contribution in [2.24, 2.45) is 5.92 Å². The van der Waals surface area contributed by atoms with E-state index in [0.717, 1.165) is 19.3 Å². The van der Waals surface area contributed by atoms with Gasteiger partial charge in [-0.15, -0.1) is 0 Å². The molecule has 0 aromatic rings. The highest BCUT2D eigenvalue weighted by molar-refractivity contribution is 5.85. The van der Waals surface area contributed by atoms with Crippen molar-refractivity contribution in [3.05, 3.63) is 24.3 Å². The molecule has 27 heavy (non-hydrogen) atoms. The molecule has 6 nitrogen and oxygen atoms in total. The number of carbonyl (C=O) groups excluding carboxylic acids is 1. The summed E-state index contributed by atoms with van der Waals surface area (Å²) in [6, 6.07) is 0. The maximum absolute atomic E-state index is 12.4. The normalized spacial score (nSPS) is 23.6. The van der Waals surface area contributed by atoms with Gasteiger partial charge in [0.2, 0.25) is 0 Å². The Balaban J connectivity index is 3.16. The highest BCUT2D eigenvalue weighted by Crippen LogP contribution is 2.38. The molecule has 1 saturated carbocycles. The number of rotatable bonds is 12. The van der Waals surface area contributed by atoms with E-state index in [1.54, 1.807) is 25.2 Å². The van der Waals surface area contributed by atoms with Crippen LogP contribution in [0.3, 0.4) is 0 Å². The van der Waals surface area contributed by atoms with Crippen LogP contribution in [0.25, 0.3) is 0 Å². The van der Waals surface area contributed by atoms with Crippen LogP contribution in [0.15, 0.2) is 24.3 Å². The number of ether oxygens (including phenoxy) is 1. The Labute approximate surface area is 161 Å². The SMILES string of the molecule is CCCCC(C)(O)CC=CC(C=CCO)(O[C@@H](C)C(=O)O)[C@H]1CCCC1=O. The topological polar surface area (TPSA) is 104 Å². The van der Waals surface area contributed by atoms with Crippen molar-refractivity contribution < 1.29 is 29.6 Å². The van der Waals surface area contributed by atoms with Crippen LogP contribution in [0, 0.1) is 5.92 Å². The second-order valence-electron chi connectivity index (χ2n) is 7.65. The Morgan fingerprint density at radius 2 is 2.04 bits per heavy atom. The molecule has 0 spiro atoms. The van der Waals surface area contributed by atoms with Crippen molar-refractivity contribution in [3.8, 4) is 0 Å². The molecule has 0 heterocycles. The number of unbranched alkanes of at least 4 members (excludes halogenated alkanes) is 1. The van der Waals surface area contributed by atoms with E-state index in [1.165, 1.54) is 13.0 Å². The predicted molar refractivity (Wildman–Crippen MR) is 103 cm³/mol. The molecule has 1 rings (SSSR count). The first-order valence-corrected chi connectivity index (χ1v) is 9.79. The average Bonchev–Trinajstić information content (AvgIpc) is 3.04. The largest absolute Gasteiger partial charge is 0.479 e. The molecule has 4 atom stereocenters. The second kappa shape index (κ2) is 10.7. The lowest BCUT2D eigenvalue weighted by Crippen LogP contribution is -2.44. The van der Waals surface area contributed by atoms with E-state index in [9.17, 15) is 24.9 Å². The first-order valence-electron chi connectivity index (χ1n) is 9.79. The van der Waals surface area contributed by atoms with Gasteiger partial charge in [0.25, 0.3) is 0 Å². The number of carboxylic acids is 1. The summed E-state index contributed by atoms with van der Waals surface area (Å²) in [5.74, 6) is -1.60. The van der Waals surface area contributed by atoms with Crippen LogP contribution >= 0.6 is 0 Å². The minimum Gasteiger partial charge on any atom is -0.479 e. The fraction of sp³-hybridized carbons (Fsp3) is 0.714. The van der Waals surface area contributed by atoms with Crippen LogP contribution in [-0.4, -0.2) is 51.0 Å². The quantitative estimate of drug-likeness (QED) is 0.448. The van der Waals surface area contributed by atoms with Gasteiger partial charge in [0.15, 0.2) is 6.10 Å². The maximum Gasteiger partial charge on any atom is 0.332 e. The van der Waals surface area contributed by atoms with Crippen LogP contribution in [0.5, 0.6) is 0 Å². The molecule has 0 saturated heterocycles. The molecule has 1 fully saturated rings. The number of carbonyl (C=O) groups is 2. The molecule has 2 unspecified atom stereocenters. The van der Waals surface area contributed by atoms with Crippen molar-refractivity contribution in [2.45, 2.75) is 83.0 Å². The summed E-state index contributed by atoms with van der Waals surface area (Å²) in [6.07, 6.45) is 10.1. The molecule has 0 bridgehead atoms. The van der Waals surface area contributed by atoms with E-state index in [2.05, 4.69) is 6.92 Å². The van der Waals surface area contributed by atoms with Gasteiger partial charge in [-0.2, -0.15) is 0 Å². The number of ketones is 1. The third-order valence-corrected chi connectivity index (χ3v) is 5.07. The van der Waals surface area contributed by atoms with Crippen LogP contribution in [0.1, 0.15) is 65.7 Å². The number of aliphatic hydroxyl groups is 2. The third kappa shape index (κ3) is 7.20. The van der Waals surface area contributed by atoms with Crippen molar-refractivity contribution in [2.75, 3.05) is 6.61 Å². The zero-order valence-corrected chi connectivity index (χ0v) is 16.7. The molecular formula is C21H34O6. The molecule has 0 radical (unpaired) electrons. The van der Waals surface area contributed by atoms with Crippen LogP contribution in [-0.2, 0) is 14.3 Å². The van der Waals surface area contributed by atoms with Gasteiger partial charge < -0.3 is 20.1 Å². The molecule has 0 aromatic heterocycles. The maximum atomic E-state index is 12.4. The molecule has 1 aliphatic rings. The van der Waals surface area contributed by atoms with Crippen LogP contribution in [0.2, 0.25) is 0 Å². The Kier molecular flexibility index (Phi) is 9.36. The summed E-state index contributed by atoms with van der Waals surface area (Å²) in [4.78, 5) is 23.8. The van der Waals surface area contributed by atoms with E-state index >= 15 is 0 Å². The third-order valence-electron chi connectivity index (χ3n) is 5.07. The lowest BCUT2D eigenvalue weighted by Gasteiger charge is -2.35. The minimum atomic E-state index is -1.24. The van der Waals surface area contributed by atoms with E-state index in [0.29, 0.717) is 25.7 Å². The standard InChI is InChI=1S/C21H34O6/c1-4-5-11-20(3,26)12-7-13-21(14-8-15-22,27-16(2)19(24)25)17-9-6-10-18(17)23/h7-8,13-14,16-17,22,26H,4-6,9-12,15H2,1-3H3,(H,24,25)/t16-,17-,20?,21?/m0/s1. The van der Waals surface area contributed by atoms with E-state index < -0.39 is 29.2 Å². The van der Waals surface area contributed by atoms with Gasteiger partial charge in [0, 0.05) is 6.42 Å². The Morgan fingerprint density at radius 3 is 2.56 bits per heavy atom. The van der Waals surface area contributed by atoms with E-state index in [-0.39, 0.29) is 12.4 Å². The van der Waals surface area contributed by atoms with Crippen molar-refractivity contribution in [1.82, 2.24) is 0 Å². The van der Waals surface area contributed by atoms with Crippen LogP contribution in [0.4, 0.5) is 0 Å². The van der Waals surface area contributed by atoms with E-state index in [4.69, 9.17) is 4.74 Å². The highest BCUT2D eigenvalue weighted by atomic mass is 16.5.